The number of carbonyl (C=O) groups is 1. The maximum absolute atomic E-state index is 13.0. The number of fused-ring (bicyclic) bond motifs is 1. The van der Waals surface area contributed by atoms with Gasteiger partial charge in [-0.15, -0.1) is 0 Å². The van der Waals surface area contributed by atoms with Crippen LogP contribution in [0.15, 0.2) is 24.5 Å². The summed E-state index contributed by atoms with van der Waals surface area (Å²) in [5.41, 5.74) is 3.62. The first-order valence-electron chi connectivity index (χ1n) is 12.4. The van der Waals surface area contributed by atoms with Crippen molar-refractivity contribution in [2.24, 2.45) is 0 Å². The Balaban J connectivity index is 1.44. The normalized spacial score (nSPS) is 21.7. The highest BCUT2D eigenvalue weighted by molar-refractivity contribution is 5.93. The Morgan fingerprint density at radius 3 is 2.56 bits per heavy atom. The Bertz CT molecular complexity index is 1080. The van der Waals surface area contributed by atoms with Gasteiger partial charge in [0.2, 0.25) is 5.82 Å². The monoisotopic (exact) mass is 506 g/mol. The van der Waals surface area contributed by atoms with E-state index in [1.165, 1.54) is 11.1 Å². The molecule has 7 nitrogen and oxygen atoms in total. The van der Waals surface area contributed by atoms with Crippen LogP contribution in [0.2, 0.25) is 0 Å². The number of piperidine rings is 1. The van der Waals surface area contributed by atoms with Gasteiger partial charge in [-0.1, -0.05) is 6.07 Å². The van der Waals surface area contributed by atoms with Crippen LogP contribution in [0.1, 0.15) is 71.5 Å². The number of rotatable bonds is 6. The highest BCUT2D eigenvalue weighted by atomic mass is 19.4. The van der Waals surface area contributed by atoms with Gasteiger partial charge < -0.3 is 14.7 Å². The zero-order chi connectivity index (χ0) is 26.0. The molecule has 2 aliphatic heterocycles. The number of benzene rings is 1. The van der Waals surface area contributed by atoms with Gasteiger partial charge in [0.05, 0.1) is 18.3 Å². The van der Waals surface area contributed by atoms with E-state index < -0.39 is 18.1 Å². The highest BCUT2D eigenvalue weighted by Crippen LogP contribution is 2.39. The second-order valence-electron chi connectivity index (χ2n) is 9.77. The maximum Gasteiger partial charge on any atom is 0.451 e. The molecule has 3 atom stereocenters. The first kappa shape index (κ1) is 26.3. The predicted molar refractivity (Wildman–Crippen MR) is 128 cm³/mol. The van der Waals surface area contributed by atoms with Gasteiger partial charge in [-0.05, 0) is 62.8 Å². The first-order chi connectivity index (χ1) is 17.1. The fourth-order valence-electron chi connectivity index (χ4n) is 5.21. The van der Waals surface area contributed by atoms with E-state index in [1.807, 2.05) is 6.07 Å². The second kappa shape index (κ2) is 10.7. The summed E-state index contributed by atoms with van der Waals surface area (Å²) in [5.74, 6) is -0.751. The number of carbonyl (C=O) groups excluding carboxylic acids is 1. The van der Waals surface area contributed by atoms with Crippen molar-refractivity contribution in [3.05, 3.63) is 52.6 Å². The molecule has 2 aliphatic rings. The van der Waals surface area contributed by atoms with Crippen LogP contribution in [0, 0.1) is 13.8 Å². The molecule has 10 heteroatoms. The molecule has 3 heterocycles. The standard InChI is InChI=1S/C26H33F3N4O3/c1-16(34)9-12-36-23-8-7-21(17(2)18(23)3)22-6-4-5-20-15-32(10-11-33(20)22)24(35)19-13-30-25(31-14-19)26(27,28)29/h7-8,13-14,16,20,22,34H,4-6,9-12,15H2,1-3H3/t16-,20+,22-/m1/s1. The van der Waals surface area contributed by atoms with Crippen LogP contribution < -0.4 is 4.74 Å². The van der Waals surface area contributed by atoms with E-state index in [-0.39, 0.29) is 23.6 Å². The van der Waals surface area contributed by atoms with Crippen LogP contribution in [-0.4, -0.2) is 69.2 Å². The van der Waals surface area contributed by atoms with E-state index >= 15 is 0 Å². The molecule has 1 N–H and O–H groups in total. The summed E-state index contributed by atoms with van der Waals surface area (Å²) in [5, 5.41) is 9.48. The summed E-state index contributed by atoms with van der Waals surface area (Å²) in [6, 6.07) is 4.55. The summed E-state index contributed by atoms with van der Waals surface area (Å²) >= 11 is 0. The second-order valence-corrected chi connectivity index (χ2v) is 9.77. The molecule has 0 spiro atoms. The zero-order valence-electron chi connectivity index (χ0n) is 20.9. The van der Waals surface area contributed by atoms with Gasteiger partial charge >= 0.3 is 6.18 Å². The summed E-state index contributed by atoms with van der Waals surface area (Å²) in [6.45, 7) is 8.07. The first-order valence-corrected chi connectivity index (χ1v) is 12.4. The summed E-state index contributed by atoms with van der Waals surface area (Å²) in [6.07, 6.45) is 0.484. The van der Waals surface area contributed by atoms with Crippen molar-refractivity contribution in [3.63, 3.8) is 0 Å². The van der Waals surface area contributed by atoms with E-state index in [0.29, 0.717) is 32.7 Å². The van der Waals surface area contributed by atoms with Crippen LogP contribution in [0.4, 0.5) is 13.2 Å². The minimum absolute atomic E-state index is 0.0708. The van der Waals surface area contributed by atoms with Crippen LogP contribution in [0.5, 0.6) is 5.75 Å². The summed E-state index contributed by atoms with van der Waals surface area (Å²) in [4.78, 5) is 23.8. The van der Waals surface area contributed by atoms with Gasteiger partial charge in [0.1, 0.15) is 5.75 Å². The molecule has 2 fully saturated rings. The minimum Gasteiger partial charge on any atom is -0.493 e. The average Bonchev–Trinajstić information content (AvgIpc) is 2.85. The predicted octanol–water partition coefficient (Wildman–Crippen LogP) is 4.31. The molecule has 36 heavy (non-hydrogen) atoms. The minimum atomic E-state index is -4.64. The third-order valence-corrected chi connectivity index (χ3v) is 7.31. The maximum atomic E-state index is 13.0. The largest absolute Gasteiger partial charge is 0.493 e. The molecular formula is C26H33F3N4O3. The Labute approximate surface area is 209 Å². The van der Waals surface area contributed by atoms with Crippen molar-refractivity contribution in [1.29, 1.82) is 0 Å². The van der Waals surface area contributed by atoms with E-state index in [9.17, 15) is 23.1 Å². The number of ether oxygens (including phenoxy) is 1. The van der Waals surface area contributed by atoms with Crippen molar-refractivity contribution in [2.45, 2.75) is 70.8 Å². The molecule has 0 radical (unpaired) electrons. The molecule has 0 bridgehead atoms. The molecule has 196 valence electrons. The van der Waals surface area contributed by atoms with Crippen LogP contribution in [0.3, 0.4) is 0 Å². The van der Waals surface area contributed by atoms with E-state index in [0.717, 1.165) is 43.0 Å². The number of halogens is 3. The van der Waals surface area contributed by atoms with Crippen LogP contribution in [0.25, 0.3) is 0 Å². The van der Waals surface area contributed by atoms with Crippen LogP contribution >= 0.6 is 0 Å². The molecule has 0 saturated carbocycles. The number of hydrogen-bond donors (Lipinski definition) is 1. The number of aromatic nitrogens is 2. The molecule has 0 unspecified atom stereocenters. The van der Waals surface area contributed by atoms with Crippen molar-refractivity contribution >= 4 is 5.91 Å². The molecule has 2 saturated heterocycles. The number of aliphatic hydroxyl groups excluding tert-OH is 1. The molecular weight excluding hydrogens is 473 g/mol. The molecule has 1 aromatic heterocycles. The van der Waals surface area contributed by atoms with Crippen LogP contribution in [-0.2, 0) is 6.18 Å². The van der Waals surface area contributed by atoms with Crippen molar-refractivity contribution in [2.75, 3.05) is 26.2 Å². The fourth-order valence-corrected chi connectivity index (χ4v) is 5.21. The molecule has 2 aromatic rings. The lowest BCUT2D eigenvalue weighted by Crippen LogP contribution is -2.57. The average molecular weight is 507 g/mol. The van der Waals surface area contributed by atoms with Crippen molar-refractivity contribution < 1.29 is 27.8 Å². The Morgan fingerprint density at radius 2 is 1.89 bits per heavy atom. The third-order valence-electron chi connectivity index (χ3n) is 7.31. The van der Waals surface area contributed by atoms with E-state index in [1.54, 1.807) is 11.8 Å². The number of hydrogen-bond acceptors (Lipinski definition) is 6. The molecule has 1 amide bonds. The lowest BCUT2D eigenvalue weighted by molar-refractivity contribution is -0.145. The number of nitrogens with zero attached hydrogens (tertiary/aromatic N) is 4. The van der Waals surface area contributed by atoms with Gasteiger partial charge in [-0.3, -0.25) is 9.69 Å². The lowest BCUT2D eigenvalue weighted by atomic mass is 9.86. The number of amides is 1. The molecule has 4 rings (SSSR count). The molecule has 1 aromatic carbocycles. The van der Waals surface area contributed by atoms with Gasteiger partial charge in [0.25, 0.3) is 5.91 Å². The Morgan fingerprint density at radius 1 is 1.17 bits per heavy atom. The lowest BCUT2D eigenvalue weighted by Gasteiger charge is -2.48. The Kier molecular flexibility index (Phi) is 7.85. The van der Waals surface area contributed by atoms with Gasteiger partial charge in [-0.25, -0.2) is 9.97 Å². The topological polar surface area (TPSA) is 78.8 Å². The fraction of sp³-hybridized carbons (Fsp3) is 0.577. The SMILES string of the molecule is Cc1c(OCC[C@@H](C)O)ccc([C@H]2CCC[C@H]3CN(C(=O)c4cnc(C(F)(F)F)nc4)CCN32)c1C. The number of alkyl halides is 3. The highest BCUT2D eigenvalue weighted by Gasteiger charge is 2.38. The zero-order valence-corrected chi connectivity index (χ0v) is 20.9. The third kappa shape index (κ3) is 5.64. The van der Waals surface area contributed by atoms with Crippen molar-refractivity contribution in [3.8, 4) is 5.75 Å². The number of piperazine rings is 1. The number of aliphatic hydroxyl groups is 1. The van der Waals surface area contributed by atoms with E-state index in [2.05, 4.69) is 34.8 Å². The summed E-state index contributed by atoms with van der Waals surface area (Å²) < 4.78 is 44.2. The van der Waals surface area contributed by atoms with Gasteiger partial charge in [0.15, 0.2) is 0 Å². The van der Waals surface area contributed by atoms with Crippen molar-refractivity contribution in [1.82, 2.24) is 19.8 Å². The smallest absolute Gasteiger partial charge is 0.451 e. The Hall–Kier alpha value is -2.72. The quantitative estimate of drug-likeness (QED) is 0.629. The van der Waals surface area contributed by atoms with E-state index in [4.69, 9.17) is 4.74 Å². The summed E-state index contributed by atoms with van der Waals surface area (Å²) in [7, 11) is 0. The van der Waals surface area contributed by atoms with Gasteiger partial charge in [0, 0.05) is 50.5 Å². The molecule has 0 aliphatic carbocycles. The van der Waals surface area contributed by atoms with Gasteiger partial charge in [-0.2, -0.15) is 13.2 Å².